The Kier molecular flexibility index (Phi) is 6.71. The topological polar surface area (TPSA) is 73.2 Å². The van der Waals surface area contributed by atoms with Gasteiger partial charge in [0, 0.05) is 58.7 Å². The Bertz CT molecular complexity index is 997. The number of benzene rings is 2. The number of rotatable bonds is 7. The van der Waals surface area contributed by atoms with Crippen LogP contribution in [-0.4, -0.2) is 38.4 Å². The van der Waals surface area contributed by atoms with E-state index in [9.17, 15) is 9.00 Å². The number of hydrogen-bond acceptors (Lipinski definition) is 4. The van der Waals surface area contributed by atoms with Crippen LogP contribution in [0.15, 0.2) is 67.0 Å². The van der Waals surface area contributed by atoms with Crippen molar-refractivity contribution in [3.8, 4) is 0 Å². The number of nitrogens with one attached hydrogen (secondary N) is 1. The summed E-state index contributed by atoms with van der Waals surface area (Å²) < 4.78 is 19.8. The first-order valence-electron chi connectivity index (χ1n) is 10.1. The van der Waals surface area contributed by atoms with E-state index in [1.165, 1.54) is 0 Å². The van der Waals surface area contributed by atoms with Crippen LogP contribution in [0.4, 0.5) is 5.69 Å². The lowest BCUT2D eigenvalue weighted by molar-refractivity contribution is 0.0991. The van der Waals surface area contributed by atoms with Crippen LogP contribution in [0, 0.1) is 0 Å². The van der Waals surface area contributed by atoms with E-state index in [1.807, 2.05) is 65.5 Å². The van der Waals surface area contributed by atoms with Crippen LogP contribution in [0.25, 0.3) is 0 Å². The minimum Gasteiger partial charge on any atom is -0.381 e. The second-order valence-corrected chi connectivity index (χ2v) is 9.11. The Morgan fingerprint density at radius 3 is 2.63 bits per heavy atom. The summed E-state index contributed by atoms with van der Waals surface area (Å²) in [6.45, 7) is 2.04. The van der Waals surface area contributed by atoms with Crippen LogP contribution in [-0.2, 0) is 27.8 Å². The van der Waals surface area contributed by atoms with Crippen molar-refractivity contribution in [2.45, 2.75) is 30.4 Å². The smallest absolute Gasteiger partial charge is 0.255 e. The fourth-order valence-electron chi connectivity index (χ4n) is 3.51. The summed E-state index contributed by atoms with van der Waals surface area (Å²) in [5, 5.41) is 7.33. The molecule has 2 aromatic carbocycles. The van der Waals surface area contributed by atoms with Crippen LogP contribution in [0.3, 0.4) is 0 Å². The molecule has 156 valence electrons. The van der Waals surface area contributed by atoms with Crippen molar-refractivity contribution in [3.05, 3.63) is 83.7 Å². The van der Waals surface area contributed by atoms with Gasteiger partial charge in [-0.2, -0.15) is 5.10 Å². The van der Waals surface area contributed by atoms with E-state index < -0.39 is 10.8 Å². The zero-order chi connectivity index (χ0) is 20.8. The molecule has 1 N–H and O–H groups in total. The summed E-state index contributed by atoms with van der Waals surface area (Å²) in [6.07, 6.45) is 5.34. The number of carbonyl (C=O) groups is 1. The highest BCUT2D eigenvalue weighted by Gasteiger charge is 2.20. The molecule has 1 atom stereocenters. The minimum absolute atomic E-state index is 0.164. The maximum absolute atomic E-state index is 12.6. The molecular weight excluding hydrogens is 398 g/mol. The van der Waals surface area contributed by atoms with Gasteiger partial charge in [-0.05, 0) is 54.3 Å². The monoisotopic (exact) mass is 423 g/mol. The van der Waals surface area contributed by atoms with E-state index in [0.29, 0.717) is 36.8 Å². The Morgan fingerprint density at radius 1 is 1.10 bits per heavy atom. The molecule has 1 aliphatic rings. The maximum Gasteiger partial charge on any atom is 0.255 e. The molecule has 0 saturated carbocycles. The van der Waals surface area contributed by atoms with E-state index >= 15 is 0 Å². The molecule has 1 aromatic heterocycles. The van der Waals surface area contributed by atoms with Gasteiger partial charge in [0.1, 0.15) is 0 Å². The van der Waals surface area contributed by atoms with Gasteiger partial charge in [0.05, 0.1) is 6.54 Å². The Morgan fingerprint density at radius 2 is 1.90 bits per heavy atom. The van der Waals surface area contributed by atoms with Crippen LogP contribution >= 0.6 is 0 Å². The van der Waals surface area contributed by atoms with Crippen molar-refractivity contribution in [1.29, 1.82) is 0 Å². The molecule has 2 heterocycles. The fraction of sp³-hybridized carbons (Fsp3) is 0.304. The first-order valence-corrected chi connectivity index (χ1v) is 11.5. The molecule has 1 fully saturated rings. The molecule has 1 aliphatic heterocycles. The van der Waals surface area contributed by atoms with E-state index in [2.05, 4.69) is 10.4 Å². The van der Waals surface area contributed by atoms with Gasteiger partial charge in [-0.15, -0.1) is 0 Å². The molecule has 30 heavy (non-hydrogen) atoms. The Balaban J connectivity index is 1.36. The highest BCUT2D eigenvalue weighted by Crippen LogP contribution is 2.19. The predicted octanol–water partition coefficient (Wildman–Crippen LogP) is 3.61. The fourth-order valence-corrected chi connectivity index (χ4v) is 4.97. The van der Waals surface area contributed by atoms with Gasteiger partial charge in [-0.1, -0.05) is 24.3 Å². The van der Waals surface area contributed by atoms with Crippen molar-refractivity contribution >= 4 is 22.4 Å². The molecule has 4 rings (SSSR count). The van der Waals surface area contributed by atoms with E-state index in [0.717, 1.165) is 24.0 Å². The van der Waals surface area contributed by atoms with Crippen LogP contribution in [0.5, 0.6) is 0 Å². The zero-order valence-corrected chi connectivity index (χ0v) is 17.5. The first-order chi connectivity index (χ1) is 14.7. The predicted molar refractivity (Wildman–Crippen MR) is 118 cm³/mol. The van der Waals surface area contributed by atoms with E-state index in [-0.39, 0.29) is 11.2 Å². The quantitative estimate of drug-likeness (QED) is 0.630. The molecule has 0 aliphatic carbocycles. The second-order valence-electron chi connectivity index (χ2n) is 7.39. The van der Waals surface area contributed by atoms with Gasteiger partial charge in [0.2, 0.25) is 0 Å². The number of amides is 1. The van der Waals surface area contributed by atoms with E-state index in [1.54, 1.807) is 6.20 Å². The molecule has 7 heteroatoms. The van der Waals surface area contributed by atoms with Crippen LogP contribution in [0.1, 0.15) is 34.3 Å². The largest absolute Gasteiger partial charge is 0.381 e. The molecular formula is C23H25N3O3S. The number of hydrogen-bond donors (Lipinski definition) is 1. The number of nitrogens with zero attached hydrogens (tertiary/aromatic N) is 2. The van der Waals surface area contributed by atoms with Gasteiger partial charge in [-0.3, -0.25) is 13.7 Å². The van der Waals surface area contributed by atoms with Crippen molar-refractivity contribution < 1.29 is 13.7 Å². The van der Waals surface area contributed by atoms with Crippen molar-refractivity contribution in [1.82, 2.24) is 9.78 Å². The summed E-state index contributed by atoms with van der Waals surface area (Å²) in [6, 6.07) is 17.0. The van der Waals surface area contributed by atoms with Gasteiger partial charge in [0.25, 0.3) is 5.91 Å². The molecule has 3 aromatic rings. The third-order valence-electron chi connectivity index (χ3n) is 5.15. The first kappa shape index (κ1) is 20.5. The number of carbonyl (C=O) groups excluding carboxylic acids is 1. The Labute approximate surface area is 178 Å². The number of aromatic nitrogens is 2. The lowest BCUT2D eigenvalue weighted by atomic mass is 10.1. The van der Waals surface area contributed by atoms with Crippen molar-refractivity contribution in [2.75, 3.05) is 18.5 Å². The average molecular weight is 424 g/mol. The average Bonchev–Trinajstić information content (AvgIpc) is 3.28. The standard InChI is InChI=1S/C23H25N3O3S/c27-23(20-7-5-18(6-8-20)16-26-12-2-11-24-26)25-21-4-1-3-19(15-21)17-30(28)22-9-13-29-14-10-22/h1-8,11-12,15,22H,9-10,13-14,16-17H2,(H,25,27). The summed E-state index contributed by atoms with van der Waals surface area (Å²) >= 11 is 0. The van der Waals surface area contributed by atoms with Crippen molar-refractivity contribution in [2.24, 2.45) is 0 Å². The van der Waals surface area contributed by atoms with Gasteiger partial charge in [0.15, 0.2) is 0 Å². The molecule has 0 radical (unpaired) electrons. The van der Waals surface area contributed by atoms with Crippen LogP contribution < -0.4 is 5.32 Å². The lowest BCUT2D eigenvalue weighted by Crippen LogP contribution is -2.25. The summed E-state index contributed by atoms with van der Waals surface area (Å²) in [7, 11) is -0.931. The molecule has 0 spiro atoms. The molecule has 1 saturated heterocycles. The molecule has 1 unspecified atom stereocenters. The van der Waals surface area contributed by atoms with Crippen molar-refractivity contribution in [3.63, 3.8) is 0 Å². The third-order valence-corrected chi connectivity index (χ3v) is 6.99. The van der Waals surface area contributed by atoms with Gasteiger partial charge < -0.3 is 10.1 Å². The van der Waals surface area contributed by atoms with Crippen LogP contribution in [0.2, 0.25) is 0 Å². The molecule has 0 bridgehead atoms. The normalized spacial score (nSPS) is 15.6. The zero-order valence-electron chi connectivity index (χ0n) is 16.7. The molecule has 6 nitrogen and oxygen atoms in total. The summed E-state index contributed by atoms with van der Waals surface area (Å²) in [4.78, 5) is 12.6. The third kappa shape index (κ3) is 5.43. The minimum atomic E-state index is -0.931. The highest BCUT2D eigenvalue weighted by molar-refractivity contribution is 7.84. The second kappa shape index (κ2) is 9.82. The highest BCUT2D eigenvalue weighted by atomic mass is 32.2. The van der Waals surface area contributed by atoms with Gasteiger partial charge in [-0.25, -0.2) is 0 Å². The molecule has 1 amide bonds. The SMILES string of the molecule is O=C(Nc1cccc(CS(=O)C2CCOCC2)c1)c1ccc(Cn2cccn2)cc1. The number of anilines is 1. The summed E-state index contributed by atoms with van der Waals surface area (Å²) in [5.41, 5.74) is 3.34. The number of ether oxygens (including phenoxy) is 1. The van der Waals surface area contributed by atoms with Gasteiger partial charge >= 0.3 is 0 Å². The summed E-state index contributed by atoms with van der Waals surface area (Å²) in [5.74, 6) is 0.333. The van der Waals surface area contributed by atoms with E-state index in [4.69, 9.17) is 4.74 Å². The maximum atomic E-state index is 12.6. The lowest BCUT2D eigenvalue weighted by Gasteiger charge is -2.21. The Hall–Kier alpha value is -2.77.